The molecule has 0 unspecified atom stereocenters. The fourth-order valence-electron chi connectivity index (χ4n) is 4.92. The van der Waals surface area contributed by atoms with Gasteiger partial charge in [-0.2, -0.15) is 0 Å². The second kappa shape index (κ2) is 16.5. The molecule has 0 aromatic heterocycles. The summed E-state index contributed by atoms with van der Waals surface area (Å²) in [4.78, 5) is 50.5. The van der Waals surface area contributed by atoms with Crippen molar-refractivity contribution in [1.82, 2.24) is 0 Å². The predicted octanol–water partition coefficient (Wildman–Crippen LogP) is 8.29. The Morgan fingerprint density at radius 3 is 1.61 bits per heavy atom. The molecule has 0 bridgehead atoms. The summed E-state index contributed by atoms with van der Waals surface area (Å²) in [5, 5.41) is 0. The van der Waals surface area contributed by atoms with E-state index in [2.05, 4.69) is 0 Å². The number of carbonyl (C=O) groups is 4. The van der Waals surface area contributed by atoms with Crippen LogP contribution < -0.4 is 9.47 Å². The zero-order chi connectivity index (χ0) is 34.6. The van der Waals surface area contributed by atoms with Gasteiger partial charge in [0.25, 0.3) is 0 Å². The van der Waals surface area contributed by atoms with Crippen LogP contribution in [0.5, 0.6) is 11.5 Å². The van der Waals surface area contributed by atoms with Crippen LogP contribution in [0, 0.1) is 0 Å². The summed E-state index contributed by atoms with van der Waals surface area (Å²) < 4.78 is 22.6. The van der Waals surface area contributed by atoms with Crippen molar-refractivity contribution in [2.75, 3.05) is 0 Å². The molecule has 0 saturated carbocycles. The topological polar surface area (TPSA) is 105 Å². The first-order valence-electron chi connectivity index (χ1n) is 15.7. The van der Waals surface area contributed by atoms with E-state index in [4.69, 9.17) is 18.9 Å². The van der Waals surface area contributed by atoms with Gasteiger partial charge < -0.3 is 18.9 Å². The van der Waals surface area contributed by atoms with Gasteiger partial charge in [0.15, 0.2) is 12.2 Å². The molecule has 0 heterocycles. The van der Waals surface area contributed by atoms with Crippen LogP contribution in [0.25, 0.3) is 6.08 Å². The number of benzene rings is 5. The van der Waals surface area contributed by atoms with Gasteiger partial charge in [-0.25, -0.2) is 14.4 Å². The van der Waals surface area contributed by atoms with Crippen molar-refractivity contribution in [3.63, 3.8) is 0 Å². The molecule has 2 atom stereocenters. The Hall–Kier alpha value is -6.28. The quantitative estimate of drug-likeness (QED) is 0.0752. The molecule has 49 heavy (non-hydrogen) atoms. The van der Waals surface area contributed by atoms with E-state index in [1.165, 1.54) is 37.3 Å². The van der Waals surface area contributed by atoms with E-state index in [9.17, 15) is 19.2 Å². The number of esters is 4. The molecule has 0 N–H and O–H groups in total. The van der Waals surface area contributed by atoms with Gasteiger partial charge in [0.1, 0.15) is 11.5 Å². The molecular formula is C41H34O8. The zero-order valence-corrected chi connectivity index (χ0v) is 27.0. The maximum Gasteiger partial charge on any atom is 0.343 e. The number of aryl methyl sites for hydroxylation is 1. The van der Waals surface area contributed by atoms with E-state index in [1.54, 1.807) is 91.0 Å². The number of carbonyl (C=O) groups excluding carboxylic acids is 4. The highest BCUT2D eigenvalue weighted by Gasteiger charge is 2.32. The first-order valence-corrected chi connectivity index (χ1v) is 15.7. The molecule has 5 rings (SSSR count). The Morgan fingerprint density at radius 1 is 0.571 bits per heavy atom. The lowest BCUT2D eigenvalue weighted by molar-refractivity contribution is -0.150. The molecule has 5 aromatic rings. The fourth-order valence-corrected chi connectivity index (χ4v) is 4.92. The van der Waals surface area contributed by atoms with Crippen molar-refractivity contribution in [1.29, 1.82) is 0 Å². The van der Waals surface area contributed by atoms with Crippen LogP contribution >= 0.6 is 0 Å². The van der Waals surface area contributed by atoms with Gasteiger partial charge in [0.2, 0.25) is 0 Å². The summed E-state index contributed by atoms with van der Waals surface area (Å²) in [7, 11) is 0. The van der Waals surface area contributed by atoms with Crippen molar-refractivity contribution in [2.24, 2.45) is 0 Å². The van der Waals surface area contributed by atoms with Crippen LogP contribution in [0.2, 0.25) is 0 Å². The molecule has 8 nitrogen and oxygen atoms in total. The van der Waals surface area contributed by atoms with Crippen LogP contribution in [0.4, 0.5) is 0 Å². The highest BCUT2D eigenvalue weighted by Crippen LogP contribution is 2.36. The summed E-state index contributed by atoms with van der Waals surface area (Å²) in [5.74, 6) is -1.61. The Bertz CT molecular complexity index is 1900. The minimum atomic E-state index is -1.01. The first kappa shape index (κ1) is 34.1. The maximum atomic E-state index is 13.4. The molecule has 246 valence electrons. The molecular weight excluding hydrogens is 620 g/mol. The molecule has 0 fully saturated rings. The Kier molecular flexibility index (Phi) is 11.5. The number of hydrogen-bond acceptors (Lipinski definition) is 8. The Labute approximate surface area is 284 Å². The lowest BCUT2D eigenvalue weighted by atomic mass is 9.97. The largest absolute Gasteiger partial charge is 0.450 e. The Balaban J connectivity index is 1.31. The van der Waals surface area contributed by atoms with E-state index in [-0.39, 0.29) is 5.56 Å². The summed E-state index contributed by atoms with van der Waals surface area (Å²) in [6.07, 6.45) is 1.73. The minimum absolute atomic E-state index is 0.221. The van der Waals surface area contributed by atoms with Crippen molar-refractivity contribution in [3.05, 3.63) is 173 Å². The van der Waals surface area contributed by atoms with Gasteiger partial charge >= 0.3 is 23.9 Å². The van der Waals surface area contributed by atoms with Gasteiger partial charge in [-0.1, -0.05) is 91.9 Å². The second-order valence-electron chi connectivity index (χ2n) is 11.0. The fraction of sp³-hybridized carbons (Fsp3) is 0.122. The average Bonchev–Trinajstić information content (AvgIpc) is 3.13. The summed E-state index contributed by atoms with van der Waals surface area (Å²) in [6, 6.07) is 38.0. The average molecular weight is 655 g/mol. The monoisotopic (exact) mass is 654 g/mol. The minimum Gasteiger partial charge on any atom is -0.450 e. The van der Waals surface area contributed by atoms with Crippen LogP contribution in [0.3, 0.4) is 0 Å². The number of ether oxygens (including phenoxy) is 4. The zero-order valence-electron chi connectivity index (χ0n) is 27.0. The van der Waals surface area contributed by atoms with Crippen molar-refractivity contribution in [2.45, 2.75) is 32.5 Å². The lowest BCUT2D eigenvalue weighted by Gasteiger charge is -2.27. The molecule has 0 saturated heterocycles. The summed E-state index contributed by atoms with van der Waals surface area (Å²) >= 11 is 0. The van der Waals surface area contributed by atoms with Gasteiger partial charge in [-0.05, 0) is 83.3 Å². The third kappa shape index (κ3) is 9.62. The summed E-state index contributed by atoms with van der Waals surface area (Å²) in [5.41, 5.74) is 3.70. The predicted molar refractivity (Wildman–Crippen MR) is 184 cm³/mol. The van der Waals surface area contributed by atoms with Crippen LogP contribution in [-0.4, -0.2) is 23.9 Å². The van der Waals surface area contributed by atoms with Crippen molar-refractivity contribution < 1.29 is 38.1 Å². The molecule has 0 radical (unpaired) electrons. The lowest BCUT2D eigenvalue weighted by Crippen LogP contribution is -2.23. The molecule has 0 aliphatic carbocycles. The van der Waals surface area contributed by atoms with E-state index < -0.39 is 36.1 Å². The second-order valence-corrected chi connectivity index (χ2v) is 11.0. The van der Waals surface area contributed by atoms with Gasteiger partial charge in [-0.3, -0.25) is 4.79 Å². The van der Waals surface area contributed by atoms with Crippen molar-refractivity contribution in [3.8, 4) is 11.5 Å². The third-order valence-corrected chi connectivity index (χ3v) is 7.46. The highest BCUT2D eigenvalue weighted by molar-refractivity contribution is 5.91. The Morgan fingerprint density at radius 2 is 1.06 bits per heavy atom. The number of hydrogen-bond donors (Lipinski definition) is 0. The van der Waals surface area contributed by atoms with Gasteiger partial charge in [0, 0.05) is 13.0 Å². The molecule has 0 aliphatic heterocycles. The SMILES string of the molecule is CCc1ccc(C(=O)Oc2ccc(/C=C/C(=O)O[C@H](c3ccccc3)[C@H](OC(=O)c3ccc(OC(C)=O)cc3)c3ccccc3)cc2)cc1. The molecule has 0 amide bonds. The molecule has 0 spiro atoms. The maximum absolute atomic E-state index is 13.4. The van der Waals surface area contributed by atoms with E-state index in [0.717, 1.165) is 12.0 Å². The van der Waals surface area contributed by atoms with E-state index >= 15 is 0 Å². The van der Waals surface area contributed by atoms with Crippen LogP contribution in [-0.2, 0) is 25.5 Å². The van der Waals surface area contributed by atoms with E-state index in [1.807, 2.05) is 31.2 Å². The third-order valence-electron chi connectivity index (χ3n) is 7.46. The number of rotatable bonds is 12. The van der Waals surface area contributed by atoms with Gasteiger partial charge in [0.05, 0.1) is 11.1 Å². The standard InChI is InChI=1S/C41H34O8/c1-3-29-14-19-33(20-15-29)40(44)47-36-23-16-30(17-24-36)18-27-37(43)48-38(31-10-6-4-7-11-31)39(32-12-8-5-9-13-32)49-41(45)34-21-25-35(26-22-34)46-28(2)42/h4-27,38-39H,3H2,1-2H3/b27-18+/t38-,39-/m1/s1. The highest BCUT2D eigenvalue weighted by atomic mass is 16.6. The van der Waals surface area contributed by atoms with Crippen LogP contribution in [0.15, 0.2) is 140 Å². The van der Waals surface area contributed by atoms with Gasteiger partial charge in [-0.15, -0.1) is 0 Å². The molecule has 0 aliphatic rings. The normalized spacial score (nSPS) is 12.0. The smallest absolute Gasteiger partial charge is 0.343 e. The van der Waals surface area contributed by atoms with E-state index in [0.29, 0.717) is 33.8 Å². The van der Waals surface area contributed by atoms with Crippen molar-refractivity contribution >= 4 is 30.0 Å². The molecule has 8 heteroatoms. The summed E-state index contributed by atoms with van der Waals surface area (Å²) in [6.45, 7) is 3.33. The molecule has 5 aromatic carbocycles. The first-order chi connectivity index (χ1) is 23.8. The van der Waals surface area contributed by atoms with Crippen LogP contribution in [0.1, 0.15) is 69.0 Å².